The molecule has 6 nitrogen and oxygen atoms in total. The summed E-state index contributed by atoms with van der Waals surface area (Å²) in [4.78, 5) is 0. The van der Waals surface area contributed by atoms with Crippen LogP contribution in [0.3, 0.4) is 0 Å². The van der Waals surface area contributed by atoms with Crippen LogP contribution in [-0.4, -0.2) is 27.4 Å². The lowest BCUT2D eigenvalue weighted by Gasteiger charge is -2.13. The van der Waals surface area contributed by atoms with Crippen molar-refractivity contribution in [2.75, 3.05) is 0 Å². The zero-order valence-corrected chi connectivity index (χ0v) is 80.6. The number of para-hydroxylation sites is 6. The molecule has 0 unspecified atom stereocenters. The topological polar surface area (TPSA) is 29.6 Å². The van der Waals surface area contributed by atoms with Gasteiger partial charge in [-0.25, -0.2) is 0 Å². The lowest BCUT2D eigenvalue weighted by Crippen LogP contribution is -1.96. The van der Waals surface area contributed by atoms with Gasteiger partial charge in [-0.15, -0.1) is 34.0 Å². The molecule has 672 valence electrons. The Hall–Kier alpha value is -18.0. The minimum Gasteiger partial charge on any atom is -0.309 e. The highest BCUT2D eigenvalue weighted by Crippen LogP contribution is 2.50. The van der Waals surface area contributed by atoms with Crippen molar-refractivity contribution in [3.63, 3.8) is 0 Å². The first-order valence-corrected chi connectivity index (χ1v) is 51.8. The van der Waals surface area contributed by atoms with Gasteiger partial charge in [0, 0.05) is 159 Å². The molecule has 0 aliphatic carbocycles. The summed E-state index contributed by atoms with van der Waals surface area (Å²) in [7, 11) is 0. The fourth-order valence-corrected chi connectivity index (χ4v) is 27.4. The molecule has 0 bridgehead atoms. The van der Waals surface area contributed by atoms with E-state index in [-0.39, 0.29) is 0 Å². The molecule has 9 heteroatoms. The Morgan fingerprint density at radius 2 is 0.424 bits per heavy atom. The Kier molecular flexibility index (Phi) is 18.5. The second kappa shape index (κ2) is 32.6. The van der Waals surface area contributed by atoms with Gasteiger partial charge >= 0.3 is 0 Å². The fourth-order valence-electron chi connectivity index (χ4n) is 23.7. The maximum absolute atomic E-state index is 2.46. The molecule has 23 aromatic carbocycles. The first-order valence-electron chi connectivity index (χ1n) is 49.3. The molecule has 0 amide bonds. The average molecular weight is 1890 g/mol. The van der Waals surface area contributed by atoms with E-state index in [4.69, 9.17) is 0 Å². The van der Waals surface area contributed by atoms with Crippen LogP contribution in [0.1, 0.15) is 5.56 Å². The molecule has 144 heavy (non-hydrogen) atoms. The van der Waals surface area contributed by atoms with Crippen LogP contribution in [0.15, 0.2) is 491 Å². The van der Waals surface area contributed by atoms with Crippen molar-refractivity contribution in [1.29, 1.82) is 0 Å². The minimum absolute atomic E-state index is 1.16. The molecule has 0 spiro atoms. The molecule has 0 aliphatic rings. The highest BCUT2D eigenvalue weighted by molar-refractivity contribution is 7.27. The highest BCUT2D eigenvalue weighted by Gasteiger charge is 2.26. The van der Waals surface area contributed by atoms with Crippen molar-refractivity contribution in [1.82, 2.24) is 27.4 Å². The maximum atomic E-state index is 2.46. The first kappa shape index (κ1) is 82.0. The number of hydrogen-bond acceptors (Lipinski definition) is 3. The predicted molar refractivity (Wildman–Crippen MR) is 620 cm³/mol. The third-order valence-electron chi connectivity index (χ3n) is 30.2. The monoisotopic (exact) mass is 1880 g/mol. The Labute approximate surface area is 839 Å². The van der Waals surface area contributed by atoms with E-state index in [1.165, 1.54) is 275 Å². The van der Waals surface area contributed by atoms with Gasteiger partial charge in [0.2, 0.25) is 0 Å². The normalized spacial score (nSPS) is 12.1. The smallest absolute Gasteiger partial charge is 0.0562 e. The predicted octanol–water partition coefficient (Wildman–Crippen LogP) is 38.4. The second-order valence-corrected chi connectivity index (χ2v) is 41.3. The first-order chi connectivity index (χ1) is 71.3. The van der Waals surface area contributed by atoms with Gasteiger partial charge in [-0.2, -0.15) is 0 Å². The summed E-state index contributed by atoms with van der Waals surface area (Å²) in [5, 5.41) is 28.2. The summed E-state index contributed by atoms with van der Waals surface area (Å²) in [5.74, 6) is 0. The zero-order chi connectivity index (χ0) is 94.5. The van der Waals surface area contributed by atoms with Crippen LogP contribution in [0, 0.1) is 6.92 Å². The molecule has 0 radical (unpaired) electrons. The van der Waals surface area contributed by atoms with Crippen molar-refractivity contribution < 1.29 is 0 Å². The van der Waals surface area contributed by atoms with Crippen molar-refractivity contribution in [3.05, 3.63) is 497 Å². The van der Waals surface area contributed by atoms with Gasteiger partial charge in [0.15, 0.2) is 0 Å². The van der Waals surface area contributed by atoms with E-state index in [9.17, 15) is 0 Å². The van der Waals surface area contributed by atoms with Crippen LogP contribution in [-0.2, 0) is 0 Å². The largest absolute Gasteiger partial charge is 0.309 e. The Bertz CT molecular complexity index is 10900. The summed E-state index contributed by atoms with van der Waals surface area (Å²) in [6.07, 6.45) is 0. The van der Waals surface area contributed by atoms with Crippen molar-refractivity contribution >= 4 is 247 Å². The molecule has 0 fully saturated rings. The average Bonchev–Trinajstić information content (AvgIpc) is 1.56. The lowest BCUT2D eigenvalue weighted by atomic mass is 10.0. The Morgan fingerprint density at radius 3 is 0.833 bits per heavy atom. The van der Waals surface area contributed by atoms with E-state index >= 15 is 0 Å². The van der Waals surface area contributed by atoms with E-state index < -0.39 is 0 Å². The number of aromatic nitrogens is 6. The number of hydrogen-bond donors (Lipinski definition) is 0. The lowest BCUT2D eigenvalue weighted by molar-refractivity contribution is 1.16. The van der Waals surface area contributed by atoms with E-state index in [0.29, 0.717) is 0 Å². The van der Waals surface area contributed by atoms with Gasteiger partial charge in [0.1, 0.15) is 0 Å². The molecule has 32 aromatic rings. The fraction of sp³-hybridized carbons (Fsp3) is 0.00741. The third-order valence-corrected chi connectivity index (χ3v) is 33.8. The summed E-state index contributed by atoms with van der Waals surface area (Å²) < 4.78 is 22.7. The molecule has 32 rings (SSSR count). The standard InChI is InChI=1S/2C46H28N2S.C43H28N2S/c1-2-13-32-29(11-1)12-9-21-40(32)48-42-20-7-4-15-35(42)39-27-38-34-14-3-6-19-41(34)47(43(38)28-44(39)48)31-25-23-30(24-26-31)33-17-10-18-37-36-16-5-8-22-45(36)49-46(33)37;1-2-11-31-26-33(25-20-29(31)10-1)48-42-18-7-4-13-36(42)40-27-39-35-12-3-6-17-41(35)47(43(39)28-44(40)48)32-23-21-30(22-24-32)34-15-9-16-38-37-14-5-8-19-45(37)49-46(34)38;1-27-18-23-33-37-25-36-32-12-5-7-16-38(32)44(29-10-3-2-4-11-29)40(36)26-41(37)45(39(33)24-27)30-21-19-28(20-22-30)31-14-9-15-35-34-13-6-8-17-42(34)46-43(31)35/h2*1-28H;2-26H,1H3. The number of rotatable bonds is 9. The van der Waals surface area contributed by atoms with Crippen LogP contribution in [0.4, 0.5) is 0 Å². The molecule has 0 aliphatic heterocycles. The summed E-state index contributed by atoms with van der Waals surface area (Å²) in [6, 6.07) is 181. The molecular weight excluding hydrogens is 1800 g/mol. The van der Waals surface area contributed by atoms with E-state index in [1.807, 2.05) is 34.0 Å². The number of thiophene rings is 3. The van der Waals surface area contributed by atoms with Crippen LogP contribution < -0.4 is 0 Å². The van der Waals surface area contributed by atoms with E-state index in [2.05, 4.69) is 526 Å². The van der Waals surface area contributed by atoms with Gasteiger partial charge in [0.05, 0.1) is 71.9 Å². The zero-order valence-electron chi connectivity index (χ0n) is 78.2. The second-order valence-electron chi connectivity index (χ2n) is 38.1. The highest BCUT2D eigenvalue weighted by atomic mass is 32.1. The number of nitrogens with zero attached hydrogens (tertiary/aromatic N) is 6. The maximum Gasteiger partial charge on any atom is 0.0562 e. The molecule has 0 atom stereocenters. The van der Waals surface area contributed by atoms with Crippen LogP contribution in [0.5, 0.6) is 0 Å². The van der Waals surface area contributed by atoms with Gasteiger partial charge in [-0.05, 0) is 220 Å². The number of aryl methyl sites for hydroxylation is 1. The van der Waals surface area contributed by atoms with Crippen molar-refractivity contribution in [3.8, 4) is 67.5 Å². The molecule has 9 aromatic heterocycles. The minimum atomic E-state index is 1.16. The van der Waals surface area contributed by atoms with Gasteiger partial charge < -0.3 is 27.4 Å². The summed E-state index contributed by atoms with van der Waals surface area (Å²) in [6.45, 7) is 2.18. The summed E-state index contributed by atoms with van der Waals surface area (Å²) in [5.41, 5.74) is 30.4. The Morgan fingerprint density at radius 1 is 0.146 bits per heavy atom. The third kappa shape index (κ3) is 12.7. The van der Waals surface area contributed by atoms with Crippen molar-refractivity contribution in [2.45, 2.75) is 6.92 Å². The molecule has 0 saturated carbocycles. The number of fused-ring (bicyclic) bond motifs is 29. The van der Waals surface area contributed by atoms with Gasteiger partial charge in [-0.3, -0.25) is 0 Å². The molecular formula is C135H84N6S3. The Balaban J connectivity index is 0.000000101. The summed E-state index contributed by atoms with van der Waals surface area (Å²) >= 11 is 5.65. The van der Waals surface area contributed by atoms with E-state index in [0.717, 1.165) is 11.4 Å². The molecule has 0 N–H and O–H groups in total. The van der Waals surface area contributed by atoms with Crippen LogP contribution in [0.25, 0.3) is 280 Å². The quantitative estimate of drug-likeness (QED) is 0.138. The molecule has 0 saturated heterocycles. The van der Waals surface area contributed by atoms with E-state index in [1.54, 1.807) is 0 Å². The van der Waals surface area contributed by atoms with Crippen molar-refractivity contribution in [2.24, 2.45) is 0 Å². The van der Waals surface area contributed by atoms with Gasteiger partial charge in [-0.1, -0.05) is 334 Å². The van der Waals surface area contributed by atoms with Crippen LogP contribution >= 0.6 is 34.0 Å². The van der Waals surface area contributed by atoms with Crippen LogP contribution in [0.2, 0.25) is 0 Å². The van der Waals surface area contributed by atoms with Gasteiger partial charge in [0.25, 0.3) is 0 Å². The number of benzene rings is 23. The molecule has 9 heterocycles. The SMILES string of the molecule is Cc1ccc2c3cc4c5ccccc5n(-c5ccccc5)c4cc3n(-c3ccc(-c4cccc5c4sc4ccccc45)cc3)c2c1.c1ccc2c(-n3c4ccccc4c4cc5c6ccccc6n(-c6ccc(-c7cccc8c7sc7ccccc78)cc6)c5cc43)cccc2c1.c1ccc2cc(-n3c4ccccc4c4cc5c6ccccc6n(-c6ccc(-c7cccc8c7sc7ccccc78)cc6)c5cc43)ccc2c1.